The Labute approximate surface area is 62.4 Å². The van der Waals surface area contributed by atoms with Crippen molar-refractivity contribution in [1.82, 2.24) is 0 Å². The maximum Gasteiger partial charge on any atom is 0.0503 e. The maximum atomic E-state index is 4.92. The van der Waals surface area contributed by atoms with Crippen LogP contribution >= 0.6 is 12.0 Å². The van der Waals surface area contributed by atoms with Gasteiger partial charge in [-0.2, -0.15) is 0 Å². The fourth-order valence-corrected chi connectivity index (χ4v) is 1.30. The third kappa shape index (κ3) is 6.19. The lowest BCUT2D eigenvalue weighted by atomic mass is 10.2. The monoisotopic (exact) mass is 148 g/mol. The quantitative estimate of drug-likeness (QED) is 0.554. The third-order valence-electron chi connectivity index (χ3n) is 1.22. The molecular formula is C7H16OS. The molecule has 0 radical (unpaired) electrons. The van der Waals surface area contributed by atoms with E-state index < -0.39 is 0 Å². The average molecular weight is 148 g/mol. The van der Waals surface area contributed by atoms with Gasteiger partial charge in [0.1, 0.15) is 0 Å². The van der Waals surface area contributed by atoms with E-state index >= 15 is 0 Å². The van der Waals surface area contributed by atoms with Crippen molar-refractivity contribution in [2.24, 2.45) is 0 Å². The van der Waals surface area contributed by atoms with Crippen molar-refractivity contribution in [3.05, 3.63) is 0 Å². The second kappa shape index (κ2) is 6.43. The molecule has 0 fully saturated rings. The zero-order valence-electron chi connectivity index (χ0n) is 6.52. The van der Waals surface area contributed by atoms with Crippen molar-refractivity contribution >= 4 is 12.0 Å². The molecule has 0 saturated heterocycles. The SMILES string of the molecule is CCCCC(C)SOC. The molecule has 2 heteroatoms. The summed E-state index contributed by atoms with van der Waals surface area (Å²) in [5.41, 5.74) is 0. The molecule has 0 aromatic rings. The van der Waals surface area contributed by atoms with Crippen LogP contribution in [0.25, 0.3) is 0 Å². The van der Waals surface area contributed by atoms with Gasteiger partial charge in [-0.3, -0.25) is 0 Å². The molecule has 0 aliphatic heterocycles. The minimum Gasteiger partial charge on any atom is -0.318 e. The van der Waals surface area contributed by atoms with Gasteiger partial charge in [0, 0.05) is 5.25 Å². The summed E-state index contributed by atoms with van der Waals surface area (Å²) in [7, 11) is 1.73. The molecule has 9 heavy (non-hydrogen) atoms. The Hall–Kier alpha value is 0.310. The van der Waals surface area contributed by atoms with Gasteiger partial charge in [0.05, 0.1) is 7.11 Å². The summed E-state index contributed by atoms with van der Waals surface area (Å²) in [5.74, 6) is 0. The van der Waals surface area contributed by atoms with Crippen molar-refractivity contribution in [3.8, 4) is 0 Å². The van der Waals surface area contributed by atoms with Crippen LogP contribution in [0.3, 0.4) is 0 Å². The average Bonchev–Trinajstić information content (AvgIpc) is 1.85. The molecule has 0 rings (SSSR count). The highest BCUT2D eigenvalue weighted by Crippen LogP contribution is 2.15. The third-order valence-corrected chi connectivity index (χ3v) is 1.98. The summed E-state index contributed by atoms with van der Waals surface area (Å²) in [4.78, 5) is 0. The standard InChI is InChI=1S/C7H16OS/c1-4-5-6-7(2)9-8-3/h7H,4-6H2,1-3H3. The predicted molar refractivity (Wildman–Crippen MR) is 43.6 cm³/mol. The van der Waals surface area contributed by atoms with E-state index in [0.29, 0.717) is 5.25 Å². The Morgan fingerprint density at radius 2 is 2.22 bits per heavy atom. The van der Waals surface area contributed by atoms with Crippen molar-refractivity contribution in [2.75, 3.05) is 7.11 Å². The molecular weight excluding hydrogens is 132 g/mol. The first-order valence-corrected chi connectivity index (χ1v) is 4.31. The van der Waals surface area contributed by atoms with Gasteiger partial charge in [-0.1, -0.05) is 26.7 Å². The van der Waals surface area contributed by atoms with Gasteiger partial charge < -0.3 is 4.18 Å². The highest BCUT2D eigenvalue weighted by Gasteiger charge is 1.99. The van der Waals surface area contributed by atoms with Crippen molar-refractivity contribution in [1.29, 1.82) is 0 Å². The fraction of sp³-hybridized carbons (Fsp3) is 1.00. The van der Waals surface area contributed by atoms with Gasteiger partial charge >= 0.3 is 0 Å². The maximum absolute atomic E-state index is 4.92. The van der Waals surface area contributed by atoms with E-state index in [1.807, 2.05) is 0 Å². The van der Waals surface area contributed by atoms with Crippen molar-refractivity contribution in [2.45, 2.75) is 38.4 Å². The number of rotatable bonds is 5. The van der Waals surface area contributed by atoms with Crippen LogP contribution in [-0.2, 0) is 4.18 Å². The Morgan fingerprint density at radius 3 is 2.67 bits per heavy atom. The van der Waals surface area contributed by atoms with Crippen LogP contribution in [0.1, 0.15) is 33.1 Å². The zero-order valence-corrected chi connectivity index (χ0v) is 7.33. The first kappa shape index (κ1) is 9.31. The topological polar surface area (TPSA) is 9.23 Å². The first-order chi connectivity index (χ1) is 4.31. The van der Waals surface area contributed by atoms with E-state index in [1.54, 1.807) is 19.2 Å². The molecule has 0 N–H and O–H groups in total. The van der Waals surface area contributed by atoms with Crippen LogP contribution in [0.4, 0.5) is 0 Å². The molecule has 0 aromatic heterocycles. The molecule has 0 aliphatic carbocycles. The summed E-state index contributed by atoms with van der Waals surface area (Å²) in [6.07, 6.45) is 3.88. The van der Waals surface area contributed by atoms with Gasteiger partial charge in [-0.05, 0) is 18.5 Å². The Morgan fingerprint density at radius 1 is 1.56 bits per heavy atom. The number of hydrogen-bond acceptors (Lipinski definition) is 2. The number of hydrogen-bond donors (Lipinski definition) is 0. The van der Waals surface area contributed by atoms with E-state index in [-0.39, 0.29) is 0 Å². The summed E-state index contributed by atoms with van der Waals surface area (Å²) < 4.78 is 4.92. The smallest absolute Gasteiger partial charge is 0.0503 e. The zero-order chi connectivity index (χ0) is 7.11. The molecule has 0 aromatic carbocycles. The molecule has 1 unspecified atom stereocenters. The Kier molecular flexibility index (Phi) is 6.65. The molecule has 0 amide bonds. The van der Waals surface area contributed by atoms with Gasteiger partial charge in [0.15, 0.2) is 0 Å². The molecule has 0 saturated carbocycles. The van der Waals surface area contributed by atoms with Crippen molar-refractivity contribution < 1.29 is 4.18 Å². The Bertz CT molecular complexity index is 56.9. The minimum absolute atomic E-state index is 0.662. The fourth-order valence-electron chi connectivity index (χ4n) is 0.704. The summed E-state index contributed by atoms with van der Waals surface area (Å²) in [6.45, 7) is 4.41. The van der Waals surface area contributed by atoms with Gasteiger partial charge in [0.25, 0.3) is 0 Å². The van der Waals surface area contributed by atoms with E-state index in [4.69, 9.17) is 4.18 Å². The van der Waals surface area contributed by atoms with E-state index in [0.717, 1.165) is 0 Å². The largest absolute Gasteiger partial charge is 0.318 e. The molecule has 1 atom stereocenters. The first-order valence-electron chi connectivity index (χ1n) is 3.50. The van der Waals surface area contributed by atoms with Gasteiger partial charge in [0.2, 0.25) is 0 Å². The highest BCUT2D eigenvalue weighted by molar-refractivity contribution is 7.95. The molecule has 0 bridgehead atoms. The highest BCUT2D eigenvalue weighted by atomic mass is 32.2. The normalized spacial score (nSPS) is 13.7. The minimum atomic E-state index is 0.662. The molecule has 56 valence electrons. The predicted octanol–water partition coefficient (Wildman–Crippen LogP) is 2.86. The summed E-state index contributed by atoms with van der Waals surface area (Å²) in [6, 6.07) is 0. The van der Waals surface area contributed by atoms with Crippen LogP contribution in [0, 0.1) is 0 Å². The van der Waals surface area contributed by atoms with Crippen LogP contribution in [0.5, 0.6) is 0 Å². The lowest BCUT2D eigenvalue weighted by Gasteiger charge is -2.05. The second-order valence-corrected chi connectivity index (χ2v) is 3.55. The van der Waals surface area contributed by atoms with E-state index in [9.17, 15) is 0 Å². The van der Waals surface area contributed by atoms with E-state index in [2.05, 4.69) is 13.8 Å². The van der Waals surface area contributed by atoms with Crippen LogP contribution < -0.4 is 0 Å². The molecule has 1 nitrogen and oxygen atoms in total. The van der Waals surface area contributed by atoms with Crippen LogP contribution in [-0.4, -0.2) is 12.4 Å². The van der Waals surface area contributed by atoms with Gasteiger partial charge in [-0.15, -0.1) is 0 Å². The van der Waals surface area contributed by atoms with Crippen LogP contribution in [0.15, 0.2) is 0 Å². The van der Waals surface area contributed by atoms with Gasteiger partial charge in [-0.25, -0.2) is 0 Å². The molecule has 0 spiro atoms. The lowest BCUT2D eigenvalue weighted by molar-refractivity contribution is 0.481. The lowest BCUT2D eigenvalue weighted by Crippen LogP contribution is -1.94. The Balaban J connectivity index is 2.95. The second-order valence-electron chi connectivity index (χ2n) is 2.22. The van der Waals surface area contributed by atoms with Crippen LogP contribution in [0.2, 0.25) is 0 Å². The van der Waals surface area contributed by atoms with Crippen molar-refractivity contribution in [3.63, 3.8) is 0 Å². The molecule has 0 heterocycles. The van der Waals surface area contributed by atoms with E-state index in [1.165, 1.54) is 19.3 Å². The molecule has 0 aliphatic rings. The summed E-state index contributed by atoms with van der Waals surface area (Å²) in [5, 5.41) is 0.662. The summed E-state index contributed by atoms with van der Waals surface area (Å²) >= 11 is 1.57. The number of unbranched alkanes of at least 4 members (excludes halogenated alkanes) is 1.